The Bertz CT molecular complexity index is 949. The molecule has 9 heteroatoms. The normalized spacial score (nSPS) is 11.6. The van der Waals surface area contributed by atoms with Crippen LogP contribution >= 0.6 is 22.9 Å². The van der Waals surface area contributed by atoms with E-state index in [2.05, 4.69) is 19.4 Å². The van der Waals surface area contributed by atoms with Crippen LogP contribution in [0.2, 0.25) is 0 Å². The summed E-state index contributed by atoms with van der Waals surface area (Å²) in [5, 5.41) is 3.77. The van der Waals surface area contributed by atoms with Crippen molar-refractivity contribution in [3.8, 4) is 11.4 Å². The Kier molecular flexibility index (Phi) is 5.48. The van der Waals surface area contributed by atoms with Crippen molar-refractivity contribution < 1.29 is 8.42 Å². The van der Waals surface area contributed by atoms with E-state index in [1.807, 2.05) is 44.2 Å². The Balaban J connectivity index is 1.54. The van der Waals surface area contributed by atoms with Gasteiger partial charge < -0.3 is 5.32 Å². The largest absolute Gasteiger partial charge is 0.359 e. The van der Waals surface area contributed by atoms with Gasteiger partial charge in [0.2, 0.25) is 15.2 Å². The molecule has 0 atom stereocenters. The van der Waals surface area contributed by atoms with Crippen molar-refractivity contribution in [3.05, 3.63) is 46.2 Å². The third-order valence-electron chi connectivity index (χ3n) is 3.44. The minimum atomic E-state index is -3.47. The lowest BCUT2D eigenvalue weighted by Crippen LogP contribution is -2.29. The lowest BCUT2D eigenvalue weighted by Gasteiger charge is -2.06. The van der Waals surface area contributed by atoms with Gasteiger partial charge in [-0.2, -0.15) is 9.36 Å². The zero-order chi connectivity index (χ0) is 17.9. The summed E-state index contributed by atoms with van der Waals surface area (Å²) in [7, 11) is -3.47. The van der Waals surface area contributed by atoms with Crippen molar-refractivity contribution in [2.24, 2.45) is 0 Å². The molecule has 25 heavy (non-hydrogen) atoms. The molecule has 3 aromatic rings. The predicted molar refractivity (Wildman–Crippen MR) is 103 cm³/mol. The molecule has 0 aliphatic rings. The Labute approximate surface area is 155 Å². The summed E-state index contributed by atoms with van der Waals surface area (Å²) in [5.41, 5.74) is 0.954. The van der Waals surface area contributed by atoms with Gasteiger partial charge in [0.05, 0.1) is 4.90 Å². The van der Waals surface area contributed by atoms with Gasteiger partial charge in [0.15, 0.2) is 5.82 Å². The second kappa shape index (κ2) is 7.61. The van der Waals surface area contributed by atoms with Crippen molar-refractivity contribution >= 4 is 38.0 Å². The Morgan fingerprint density at radius 1 is 1.12 bits per heavy atom. The molecule has 0 aliphatic carbocycles. The second-order valence-corrected chi connectivity index (χ2v) is 9.34. The minimum absolute atomic E-state index is 0.275. The maximum absolute atomic E-state index is 12.3. The molecule has 1 aromatic carbocycles. The summed E-state index contributed by atoms with van der Waals surface area (Å²) >= 11 is 2.74. The average Bonchev–Trinajstić information content (AvgIpc) is 3.19. The van der Waals surface area contributed by atoms with Gasteiger partial charge in [0.1, 0.15) is 0 Å². The Morgan fingerprint density at radius 3 is 2.56 bits per heavy atom. The van der Waals surface area contributed by atoms with Crippen LogP contribution in [0.15, 0.2) is 41.3 Å². The van der Waals surface area contributed by atoms with Crippen LogP contribution in [-0.4, -0.2) is 30.9 Å². The number of aromatic nitrogens is 2. The van der Waals surface area contributed by atoms with E-state index in [-0.39, 0.29) is 6.54 Å². The number of rotatable bonds is 7. The van der Waals surface area contributed by atoms with Gasteiger partial charge in [0, 0.05) is 39.9 Å². The molecule has 0 bridgehead atoms. The van der Waals surface area contributed by atoms with Crippen LogP contribution in [-0.2, 0) is 10.0 Å². The first-order valence-electron chi connectivity index (χ1n) is 7.65. The first kappa shape index (κ1) is 18.0. The number of thiophene rings is 1. The zero-order valence-electron chi connectivity index (χ0n) is 13.8. The summed E-state index contributed by atoms with van der Waals surface area (Å²) in [6, 6.07) is 11.4. The molecular formula is C16H18N4O2S3. The van der Waals surface area contributed by atoms with Crippen LogP contribution in [0, 0.1) is 13.8 Å². The highest BCUT2D eigenvalue weighted by Crippen LogP contribution is 2.24. The summed E-state index contributed by atoms with van der Waals surface area (Å²) in [4.78, 5) is 6.55. The number of nitrogens with one attached hydrogen (secondary N) is 2. The highest BCUT2D eigenvalue weighted by Gasteiger charge is 2.18. The SMILES string of the molecule is Cc1cc(S(=O)(=O)NCCNc2nc(-c3ccccc3)ns2)c(C)s1. The van der Waals surface area contributed by atoms with Gasteiger partial charge in [-0.1, -0.05) is 30.3 Å². The number of benzene rings is 1. The van der Waals surface area contributed by atoms with Crippen LogP contribution in [0.3, 0.4) is 0 Å². The number of anilines is 1. The number of aryl methyl sites for hydroxylation is 2. The van der Waals surface area contributed by atoms with Gasteiger partial charge in [-0.05, 0) is 19.9 Å². The standard InChI is InChI=1S/C16H18N4O2S3/c1-11-10-14(12(2)23-11)25(21,22)18-9-8-17-16-19-15(20-24-16)13-6-4-3-5-7-13/h3-7,10,18H,8-9H2,1-2H3,(H,17,19,20). The van der Waals surface area contributed by atoms with Gasteiger partial charge in [0.25, 0.3) is 0 Å². The Hall–Kier alpha value is -1.81. The molecule has 0 spiro atoms. The lowest BCUT2D eigenvalue weighted by molar-refractivity contribution is 0.582. The first-order chi connectivity index (χ1) is 12.0. The Morgan fingerprint density at radius 2 is 1.88 bits per heavy atom. The molecule has 0 aliphatic heterocycles. The number of hydrogen-bond acceptors (Lipinski definition) is 7. The van der Waals surface area contributed by atoms with E-state index >= 15 is 0 Å². The maximum atomic E-state index is 12.3. The monoisotopic (exact) mass is 394 g/mol. The number of nitrogens with zero attached hydrogens (tertiary/aromatic N) is 2. The quantitative estimate of drug-likeness (QED) is 0.601. The smallest absolute Gasteiger partial charge is 0.241 e. The van der Waals surface area contributed by atoms with Gasteiger partial charge in [-0.15, -0.1) is 11.3 Å². The molecule has 2 aromatic heterocycles. The molecule has 3 rings (SSSR count). The van der Waals surface area contributed by atoms with Crippen LogP contribution in [0.1, 0.15) is 9.75 Å². The van der Waals surface area contributed by atoms with Crippen LogP contribution < -0.4 is 10.0 Å². The molecule has 2 heterocycles. The van der Waals surface area contributed by atoms with Crippen LogP contribution in [0.25, 0.3) is 11.4 Å². The van der Waals surface area contributed by atoms with Crippen molar-refractivity contribution in [3.63, 3.8) is 0 Å². The zero-order valence-corrected chi connectivity index (χ0v) is 16.3. The fourth-order valence-electron chi connectivity index (χ4n) is 2.31. The van der Waals surface area contributed by atoms with E-state index in [4.69, 9.17) is 0 Å². The van der Waals surface area contributed by atoms with Crippen LogP contribution in [0.4, 0.5) is 5.13 Å². The third-order valence-corrected chi connectivity index (χ3v) is 6.79. The van der Waals surface area contributed by atoms with E-state index in [1.165, 1.54) is 22.9 Å². The van der Waals surface area contributed by atoms with Gasteiger partial charge >= 0.3 is 0 Å². The molecule has 0 unspecified atom stereocenters. The summed E-state index contributed by atoms with van der Waals surface area (Å²) in [6.45, 7) is 4.43. The number of sulfonamides is 1. The van der Waals surface area contributed by atoms with E-state index in [9.17, 15) is 8.42 Å². The number of hydrogen-bond donors (Lipinski definition) is 2. The molecule has 0 saturated heterocycles. The predicted octanol–water partition coefficient (Wildman–Crippen LogP) is 3.27. The topological polar surface area (TPSA) is 84.0 Å². The summed E-state index contributed by atoms with van der Waals surface area (Å²) in [6.07, 6.45) is 0. The van der Waals surface area contributed by atoms with E-state index in [0.717, 1.165) is 15.3 Å². The fourth-order valence-corrected chi connectivity index (χ4v) is 5.50. The molecule has 6 nitrogen and oxygen atoms in total. The fraction of sp³-hybridized carbons (Fsp3) is 0.250. The van der Waals surface area contributed by atoms with E-state index in [1.54, 1.807) is 6.07 Å². The van der Waals surface area contributed by atoms with Crippen molar-refractivity contribution in [2.45, 2.75) is 18.7 Å². The van der Waals surface area contributed by atoms with Crippen LogP contribution in [0.5, 0.6) is 0 Å². The molecule has 0 radical (unpaired) electrons. The molecule has 2 N–H and O–H groups in total. The molecule has 0 fully saturated rings. The van der Waals surface area contributed by atoms with Gasteiger partial charge in [-0.3, -0.25) is 0 Å². The van der Waals surface area contributed by atoms with Crippen molar-refractivity contribution in [1.82, 2.24) is 14.1 Å². The molecule has 132 valence electrons. The summed E-state index contributed by atoms with van der Waals surface area (Å²) < 4.78 is 31.5. The van der Waals surface area contributed by atoms with E-state index in [0.29, 0.717) is 22.4 Å². The minimum Gasteiger partial charge on any atom is -0.359 e. The highest BCUT2D eigenvalue weighted by molar-refractivity contribution is 7.89. The second-order valence-electron chi connectivity index (χ2n) is 5.39. The molecule has 0 amide bonds. The third kappa shape index (κ3) is 4.43. The van der Waals surface area contributed by atoms with Gasteiger partial charge in [-0.25, -0.2) is 13.1 Å². The molecular weight excluding hydrogens is 376 g/mol. The molecule has 0 saturated carbocycles. The van der Waals surface area contributed by atoms with Crippen molar-refractivity contribution in [1.29, 1.82) is 0 Å². The first-order valence-corrected chi connectivity index (χ1v) is 10.7. The highest BCUT2D eigenvalue weighted by atomic mass is 32.2. The average molecular weight is 395 g/mol. The lowest BCUT2D eigenvalue weighted by atomic mass is 10.2. The van der Waals surface area contributed by atoms with Crippen molar-refractivity contribution in [2.75, 3.05) is 18.4 Å². The summed E-state index contributed by atoms with van der Waals surface area (Å²) in [5.74, 6) is 0.665. The van der Waals surface area contributed by atoms with E-state index < -0.39 is 10.0 Å². The maximum Gasteiger partial charge on any atom is 0.241 e.